The van der Waals surface area contributed by atoms with E-state index in [1.165, 1.54) is 0 Å². The van der Waals surface area contributed by atoms with Crippen LogP contribution in [0.2, 0.25) is 0 Å². The SMILES string of the molecule is C[C@H](CC(=O)O)Oc1cccc(I)c1. The van der Waals surface area contributed by atoms with Crippen LogP contribution in [-0.2, 0) is 4.79 Å². The lowest BCUT2D eigenvalue weighted by Crippen LogP contribution is -2.16. The number of carboxylic acids is 1. The second-order valence-corrected chi connectivity index (χ2v) is 4.23. The van der Waals surface area contributed by atoms with E-state index in [9.17, 15) is 4.79 Å². The first-order valence-electron chi connectivity index (χ1n) is 4.22. The third-order valence-corrected chi connectivity index (χ3v) is 2.27. The van der Waals surface area contributed by atoms with Crippen LogP contribution in [0.5, 0.6) is 5.75 Å². The summed E-state index contributed by atoms with van der Waals surface area (Å²) in [5.41, 5.74) is 0. The van der Waals surface area contributed by atoms with Gasteiger partial charge in [0.1, 0.15) is 11.9 Å². The van der Waals surface area contributed by atoms with Gasteiger partial charge in [-0.05, 0) is 47.7 Å². The minimum absolute atomic E-state index is 0.0193. The number of ether oxygens (including phenoxy) is 1. The second-order valence-electron chi connectivity index (χ2n) is 2.98. The van der Waals surface area contributed by atoms with Crippen molar-refractivity contribution >= 4 is 28.6 Å². The van der Waals surface area contributed by atoms with Gasteiger partial charge in [-0.3, -0.25) is 4.79 Å². The van der Waals surface area contributed by atoms with E-state index >= 15 is 0 Å². The lowest BCUT2D eigenvalue weighted by Gasteiger charge is -2.12. The van der Waals surface area contributed by atoms with E-state index in [1.54, 1.807) is 6.92 Å². The lowest BCUT2D eigenvalue weighted by atomic mass is 10.3. The molecule has 0 aromatic heterocycles. The van der Waals surface area contributed by atoms with Crippen molar-refractivity contribution in [2.45, 2.75) is 19.4 Å². The zero-order valence-electron chi connectivity index (χ0n) is 7.74. The number of halogens is 1. The Morgan fingerprint density at radius 1 is 1.64 bits per heavy atom. The van der Waals surface area contributed by atoms with Gasteiger partial charge in [0.05, 0.1) is 6.42 Å². The van der Waals surface area contributed by atoms with Gasteiger partial charge in [0.25, 0.3) is 0 Å². The summed E-state index contributed by atoms with van der Waals surface area (Å²) in [4.78, 5) is 10.4. The lowest BCUT2D eigenvalue weighted by molar-refractivity contribution is -0.138. The van der Waals surface area contributed by atoms with Crippen molar-refractivity contribution in [3.8, 4) is 5.75 Å². The van der Waals surface area contributed by atoms with Gasteiger partial charge in [0.15, 0.2) is 0 Å². The maximum absolute atomic E-state index is 10.4. The van der Waals surface area contributed by atoms with Crippen molar-refractivity contribution in [3.05, 3.63) is 27.8 Å². The van der Waals surface area contributed by atoms with E-state index in [0.29, 0.717) is 5.75 Å². The summed E-state index contributed by atoms with van der Waals surface area (Å²) in [6.07, 6.45) is -0.281. The van der Waals surface area contributed by atoms with Crippen molar-refractivity contribution < 1.29 is 14.6 Å². The highest BCUT2D eigenvalue weighted by Gasteiger charge is 2.08. The van der Waals surface area contributed by atoms with Gasteiger partial charge >= 0.3 is 5.97 Å². The van der Waals surface area contributed by atoms with Crippen LogP contribution in [0.15, 0.2) is 24.3 Å². The molecule has 1 aromatic rings. The van der Waals surface area contributed by atoms with Gasteiger partial charge in [-0.1, -0.05) is 6.07 Å². The normalized spacial score (nSPS) is 12.1. The third kappa shape index (κ3) is 3.95. The summed E-state index contributed by atoms with van der Waals surface area (Å²) < 4.78 is 6.49. The summed E-state index contributed by atoms with van der Waals surface area (Å²) in [5.74, 6) is -0.131. The number of rotatable bonds is 4. The van der Waals surface area contributed by atoms with Gasteiger partial charge in [-0.25, -0.2) is 0 Å². The highest BCUT2D eigenvalue weighted by Crippen LogP contribution is 2.16. The molecule has 3 nitrogen and oxygen atoms in total. The zero-order chi connectivity index (χ0) is 10.6. The molecule has 1 aromatic carbocycles. The van der Waals surface area contributed by atoms with Crippen molar-refractivity contribution in [2.24, 2.45) is 0 Å². The van der Waals surface area contributed by atoms with E-state index in [2.05, 4.69) is 22.6 Å². The monoisotopic (exact) mass is 306 g/mol. The number of hydrogen-bond donors (Lipinski definition) is 1. The molecule has 0 spiro atoms. The first-order valence-corrected chi connectivity index (χ1v) is 5.30. The summed E-state index contributed by atoms with van der Waals surface area (Å²) in [6, 6.07) is 7.53. The van der Waals surface area contributed by atoms with Crippen molar-refractivity contribution in [3.63, 3.8) is 0 Å². The first kappa shape index (κ1) is 11.3. The minimum Gasteiger partial charge on any atom is -0.490 e. The topological polar surface area (TPSA) is 46.5 Å². The molecule has 0 saturated carbocycles. The average molecular weight is 306 g/mol. The van der Waals surface area contributed by atoms with E-state index in [1.807, 2.05) is 24.3 Å². The molecule has 14 heavy (non-hydrogen) atoms. The molecule has 1 atom stereocenters. The fourth-order valence-corrected chi connectivity index (χ4v) is 1.57. The van der Waals surface area contributed by atoms with Crippen molar-refractivity contribution in [1.29, 1.82) is 0 Å². The molecule has 0 aliphatic rings. The smallest absolute Gasteiger partial charge is 0.307 e. The molecule has 4 heteroatoms. The van der Waals surface area contributed by atoms with Gasteiger partial charge in [0.2, 0.25) is 0 Å². The molecule has 0 heterocycles. The van der Waals surface area contributed by atoms with Crippen molar-refractivity contribution in [1.82, 2.24) is 0 Å². The maximum Gasteiger partial charge on any atom is 0.307 e. The van der Waals surface area contributed by atoms with E-state index in [0.717, 1.165) is 3.57 Å². The average Bonchev–Trinajstić information content (AvgIpc) is 2.01. The molecule has 0 saturated heterocycles. The van der Waals surface area contributed by atoms with E-state index in [-0.39, 0.29) is 12.5 Å². The zero-order valence-corrected chi connectivity index (χ0v) is 9.89. The summed E-state index contributed by atoms with van der Waals surface area (Å²) >= 11 is 2.18. The Morgan fingerprint density at radius 2 is 2.36 bits per heavy atom. The predicted octanol–water partition coefficient (Wildman–Crippen LogP) is 2.53. The number of hydrogen-bond acceptors (Lipinski definition) is 2. The number of carbonyl (C=O) groups is 1. The van der Waals surface area contributed by atoms with Gasteiger partial charge < -0.3 is 9.84 Å². The van der Waals surface area contributed by atoms with Gasteiger partial charge in [-0.2, -0.15) is 0 Å². The van der Waals surface area contributed by atoms with Crippen molar-refractivity contribution in [2.75, 3.05) is 0 Å². The molecule has 1 rings (SSSR count). The Hall–Kier alpha value is -0.780. The Balaban J connectivity index is 2.55. The molecule has 0 aliphatic carbocycles. The van der Waals surface area contributed by atoms with Crippen LogP contribution < -0.4 is 4.74 Å². The standard InChI is InChI=1S/C10H11IO3/c1-7(5-10(12)13)14-9-4-2-3-8(11)6-9/h2-4,6-7H,5H2,1H3,(H,12,13)/t7-/m1/s1. The fourth-order valence-electron chi connectivity index (χ4n) is 1.06. The number of aliphatic carboxylic acids is 1. The Kier molecular flexibility index (Phi) is 4.19. The van der Waals surface area contributed by atoms with E-state index < -0.39 is 5.97 Å². The second kappa shape index (κ2) is 5.19. The number of carboxylic acid groups (broad SMARTS) is 1. The van der Waals surface area contributed by atoms with Crippen LogP contribution in [-0.4, -0.2) is 17.2 Å². The van der Waals surface area contributed by atoms with Crippen LogP contribution in [0.25, 0.3) is 0 Å². The van der Waals surface area contributed by atoms with Crippen LogP contribution in [0.1, 0.15) is 13.3 Å². The molecule has 0 unspecified atom stereocenters. The predicted molar refractivity (Wildman–Crippen MR) is 61.5 cm³/mol. The molecule has 0 aliphatic heterocycles. The Morgan fingerprint density at radius 3 is 2.93 bits per heavy atom. The maximum atomic E-state index is 10.4. The molecular weight excluding hydrogens is 295 g/mol. The quantitative estimate of drug-likeness (QED) is 0.870. The third-order valence-electron chi connectivity index (χ3n) is 1.60. The first-order chi connectivity index (χ1) is 6.58. The molecule has 0 fully saturated rings. The summed E-state index contributed by atoms with van der Waals surface area (Å²) in [7, 11) is 0. The van der Waals surface area contributed by atoms with Crippen LogP contribution in [0.3, 0.4) is 0 Å². The largest absolute Gasteiger partial charge is 0.490 e. The number of benzene rings is 1. The van der Waals surface area contributed by atoms with Crippen LogP contribution in [0.4, 0.5) is 0 Å². The molecule has 0 amide bonds. The van der Waals surface area contributed by atoms with E-state index in [4.69, 9.17) is 9.84 Å². The summed E-state index contributed by atoms with van der Waals surface area (Å²) in [5, 5.41) is 8.54. The molecule has 0 bridgehead atoms. The highest BCUT2D eigenvalue weighted by molar-refractivity contribution is 14.1. The summed E-state index contributed by atoms with van der Waals surface area (Å²) in [6.45, 7) is 1.74. The minimum atomic E-state index is -0.844. The van der Waals surface area contributed by atoms with Gasteiger partial charge in [-0.15, -0.1) is 0 Å². The van der Waals surface area contributed by atoms with Gasteiger partial charge in [0, 0.05) is 3.57 Å². The Bertz CT molecular complexity index is 325. The van der Waals surface area contributed by atoms with Crippen LogP contribution in [0, 0.1) is 3.57 Å². The Labute approximate surface area is 96.2 Å². The molecular formula is C10H11IO3. The van der Waals surface area contributed by atoms with Crippen LogP contribution >= 0.6 is 22.6 Å². The molecule has 0 radical (unpaired) electrons. The fraction of sp³-hybridized carbons (Fsp3) is 0.300. The highest BCUT2D eigenvalue weighted by atomic mass is 127. The molecule has 1 N–H and O–H groups in total. The molecule has 76 valence electrons.